The number of hydrogen-bond donors (Lipinski definition) is 2. The number of anilines is 1. The zero-order chi connectivity index (χ0) is 31.4. The molecule has 0 spiro atoms. The van der Waals surface area contributed by atoms with E-state index in [1.165, 1.54) is 41.3 Å². The lowest BCUT2D eigenvalue weighted by molar-refractivity contribution is -0.142. The Hall–Kier alpha value is -4.74. The summed E-state index contributed by atoms with van der Waals surface area (Å²) in [6.07, 6.45) is 0.284. The summed E-state index contributed by atoms with van der Waals surface area (Å²) in [6, 6.07) is 28.5. The van der Waals surface area contributed by atoms with Crippen LogP contribution in [0.3, 0.4) is 0 Å². The van der Waals surface area contributed by atoms with Crippen LogP contribution in [0.4, 0.5) is 10.1 Å². The van der Waals surface area contributed by atoms with Crippen LogP contribution < -0.4 is 14.8 Å². The number of ether oxygens (including phenoxy) is 2. The fourth-order valence-corrected chi connectivity index (χ4v) is 5.46. The number of hydrogen-bond acceptors (Lipinski definition) is 6. The van der Waals surface area contributed by atoms with Gasteiger partial charge in [0.2, 0.25) is 5.91 Å². The molecular weight excluding hydrogens is 585 g/mol. The number of carbonyl (C=O) groups excluding carboxylic acids is 2. The molecule has 0 heterocycles. The van der Waals surface area contributed by atoms with Crippen LogP contribution in [0.1, 0.15) is 11.1 Å². The van der Waals surface area contributed by atoms with E-state index in [1.807, 2.05) is 60.7 Å². The van der Waals surface area contributed by atoms with Crippen molar-refractivity contribution in [1.29, 1.82) is 0 Å². The van der Waals surface area contributed by atoms with Crippen LogP contribution in [-0.4, -0.2) is 58.0 Å². The van der Waals surface area contributed by atoms with Crippen molar-refractivity contribution < 1.29 is 31.9 Å². The summed E-state index contributed by atoms with van der Waals surface area (Å²) in [4.78, 5) is 28.6. The molecule has 11 heteroatoms. The average molecular weight is 620 g/mol. The molecule has 2 N–H and O–H groups in total. The maximum atomic E-state index is 13.7. The molecule has 4 aromatic carbocycles. The molecule has 1 atom stereocenters. The lowest BCUT2D eigenvalue weighted by Gasteiger charge is -2.31. The monoisotopic (exact) mass is 619 g/mol. The maximum Gasteiger partial charge on any atom is 0.261 e. The topological polar surface area (TPSA) is 114 Å². The second-order valence-electron chi connectivity index (χ2n) is 9.87. The lowest BCUT2D eigenvalue weighted by atomic mass is 10.0. The van der Waals surface area contributed by atoms with Crippen LogP contribution >= 0.6 is 0 Å². The number of methoxy groups -OCH3 is 1. The zero-order valence-corrected chi connectivity index (χ0v) is 25.0. The van der Waals surface area contributed by atoms with Gasteiger partial charge in [0, 0.05) is 32.3 Å². The van der Waals surface area contributed by atoms with Crippen molar-refractivity contribution in [1.82, 2.24) is 10.2 Å². The smallest absolute Gasteiger partial charge is 0.261 e. The molecule has 0 bridgehead atoms. The van der Waals surface area contributed by atoms with Gasteiger partial charge in [0.25, 0.3) is 15.9 Å². The van der Waals surface area contributed by atoms with Crippen LogP contribution in [0, 0.1) is 5.82 Å². The van der Waals surface area contributed by atoms with Gasteiger partial charge in [-0.3, -0.25) is 14.3 Å². The standard InChI is InChI=1S/C33H34FN3O6S/c1-42-21-20-35-33(39)31(22-25-8-4-2-5-9-25)37(23-26-10-6-3-7-11-26)32(38)24-43-29-16-18-30(19-17-29)44(40,41)36-28-14-12-27(34)13-15-28/h2-19,31,36H,20-24H2,1H3,(H,35,39)/t31-/m1/s1. The van der Waals surface area contributed by atoms with Gasteiger partial charge in [-0.05, 0) is 59.7 Å². The highest BCUT2D eigenvalue weighted by Gasteiger charge is 2.30. The van der Waals surface area contributed by atoms with E-state index in [2.05, 4.69) is 10.0 Å². The summed E-state index contributed by atoms with van der Waals surface area (Å²) in [5.74, 6) is -0.961. The molecule has 0 unspecified atom stereocenters. The summed E-state index contributed by atoms with van der Waals surface area (Å²) >= 11 is 0. The molecule has 0 aliphatic rings. The van der Waals surface area contributed by atoms with Crippen molar-refractivity contribution in [2.45, 2.75) is 23.9 Å². The SMILES string of the molecule is COCCNC(=O)[C@@H](Cc1ccccc1)N(Cc1ccccc1)C(=O)COc1ccc(S(=O)(=O)Nc2ccc(F)cc2)cc1. The van der Waals surface area contributed by atoms with Crippen LogP contribution in [0.25, 0.3) is 0 Å². The first kappa shape index (κ1) is 32.2. The minimum atomic E-state index is -3.94. The van der Waals surface area contributed by atoms with Gasteiger partial charge in [0.1, 0.15) is 17.6 Å². The average Bonchev–Trinajstić information content (AvgIpc) is 3.04. The Labute approximate surface area is 256 Å². The molecule has 9 nitrogen and oxygen atoms in total. The molecule has 4 rings (SSSR count). The number of sulfonamides is 1. The molecule has 0 radical (unpaired) electrons. The van der Waals surface area contributed by atoms with E-state index < -0.39 is 27.8 Å². The molecule has 0 aliphatic carbocycles. The zero-order valence-electron chi connectivity index (χ0n) is 24.2. The molecule has 230 valence electrons. The van der Waals surface area contributed by atoms with E-state index in [-0.39, 0.29) is 48.4 Å². The maximum absolute atomic E-state index is 13.7. The molecular formula is C33H34FN3O6S. The molecule has 4 aromatic rings. The number of nitrogens with zero attached hydrogens (tertiary/aromatic N) is 1. The first-order chi connectivity index (χ1) is 21.2. The third-order valence-electron chi connectivity index (χ3n) is 6.67. The molecule has 44 heavy (non-hydrogen) atoms. The molecule has 2 amide bonds. The van der Waals surface area contributed by atoms with Gasteiger partial charge >= 0.3 is 0 Å². The molecule has 0 fully saturated rings. The Balaban J connectivity index is 1.50. The quantitative estimate of drug-likeness (QED) is 0.191. The predicted molar refractivity (Wildman–Crippen MR) is 165 cm³/mol. The van der Waals surface area contributed by atoms with Crippen LogP contribution in [-0.2, 0) is 37.3 Å². The Bertz CT molecular complexity index is 1600. The van der Waals surface area contributed by atoms with Crippen LogP contribution in [0.15, 0.2) is 114 Å². The Kier molecular flexibility index (Phi) is 11.4. The van der Waals surface area contributed by atoms with E-state index in [0.717, 1.165) is 23.3 Å². The molecule has 0 aliphatic heterocycles. The predicted octanol–water partition coefficient (Wildman–Crippen LogP) is 4.41. The number of halogens is 1. The van der Waals surface area contributed by atoms with Crippen molar-refractivity contribution in [3.05, 3.63) is 126 Å². The van der Waals surface area contributed by atoms with Crippen molar-refractivity contribution in [2.24, 2.45) is 0 Å². The van der Waals surface area contributed by atoms with E-state index in [9.17, 15) is 22.4 Å². The Morgan fingerprint density at radius 2 is 1.45 bits per heavy atom. The number of carbonyl (C=O) groups is 2. The first-order valence-electron chi connectivity index (χ1n) is 13.9. The molecule has 0 aromatic heterocycles. The van der Waals surface area contributed by atoms with Gasteiger partial charge in [0.05, 0.1) is 11.5 Å². The summed E-state index contributed by atoms with van der Waals surface area (Å²) in [7, 11) is -2.40. The summed E-state index contributed by atoms with van der Waals surface area (Å²) < 4.78 is 51.9. The number of amides is 2. The van der Waals surface area contributed by atoms with Gasteiger partial charge in [-0.2, -0.15) is 0 Å². The Morgan fingerprint density at radius 3 is 2.07 bits per heavy atom. The lowest BCUT2D eigenvalue weighted by Crippen LogP contribution is -2.52. The van der Waals surface area contributed by atoms with Gasteiger partial charge < -0.3 is 19.7 Å². The molecule has 0 saturated heterocycles. The van der Waals surface area contributed by atoms with Crippen LogP contribution in [0.2, 0.25) is 0 Å². The normalized spacial score (nSPS) is 11.8. The van der Waals surface area contributed by atoms with Crippen molar-refractivity contribution >= 4 is 27.5 Å². The highest BCUT2D eigenvalue weighted by molar-refractivity contribution is 7.92. The van der Waals surface area contributed by atoms with E-state index >= 15 is 0 Å². The second-order valence-corrected chi connectivity index (χ2v) is 11.6. The summed E-state index contributed by atoms with van der Waals surface area (Å²) in [6.45, 7) is 0.397. The highest BCUT2D eigenvalue weighted by Crippen LogP contribution is 2.21. The third kappa shape index (κ3) is 9.38. The minimum Gasteiger partial charge on any atom is -0.484 e. The van der Waals surface area contributed by atoms with Crippen LogP contribution in [0.5, 0.6) is 5.75 Å². The van der Waals surface area contributed by atoms with Gasteiger partial charge in [0.15, 0.2) is 6.61 Å². The fraction of sp³-hybridized carbons (Fsp3) is 0.212. The first-order valence-corrected chi connectivity index (χ1v) is 15.4. The third-order valence-corrected chi connectivity index (χ3v) is 8.06. The number of nitrogens with one attached hydrogen (secondary N) is 2. The minimum absolute atomic E-state index is 0.0399. The van der Waals surface area contributed by atoms with Crippen molar-refractivity contribution in [2.75, 3.05) is 31.6 Å². The fourth-order valence-electron chi connectivity index (χ4n) is 4.40. The molecule has 0 saturated carbocycles. The number of benzene rings is 4. The van der Waals surface area contributed by atoms with Gasteiger partial charge in [-0.25, -0.2) is 12.8 Å². The van der Waals surface area contributed by atoms with E-state index in [4.69, 9.17) is 9.47 Å². The Morgan fingerprint density at radius 1 is 0.841 bits per heavy atom. The van der Waals surface area contributed by atoms with Crippen molar-refractivity contribution in [3.8, 4) is 5.75 Å². The van der Waals surface area contributed by atoms with Gasteiger partial charge in [-0.15, -0.1) is 0 Å². The van der Waals surface area contributed by atoms with Crippen molar-refractivity contribution in [3.63, 3.8) is 0 Å². The van der Waals surface area contributed by atoms with E-state index in [1.54, 1.807) is 7.11 Å². The van der Waals surface area contributed by atoms with Gasteiger partial charge in [-0.1, -0.05) is 60.7 Å². The largest absolute Gasteiger partial charge is 0.484 e. The summed E-state index contributed by atoms with van der Waals surface area (Å²) in [5, 5.41) is 2.86. The second kappa shape index (κ2) is 15.6. The van der Waals surface area contributed by atoms with E-state index in [0.29, 0.717) is 6.61 Å². The highest BCUT2D eigenvalue weighted by atomic mass is 32.2. The summed E-state index contributed by atoms with van der Waals surface area (Å²) in [5.41, 5.74) is 1.94. The number of rotatable bonds is 15.